The minimum atomic E-state index is 0. The van der Waals surface area contributed by atoms with E-state index in [1.807, 2.05) is 12.1 Å². The maximum Gasteiger partial charge on any atom is 0.225 e. The van der Waals surface area contributed by atoms with E-state index < -0.39 is 0 Å². The minimum absolute atomic E-state index is 0. The Morgan fingerprint density at radius 2 is 1.52 bits per heavy atom. The van der Waals surface area contributed by atoms with E-state index in [2.05, 4.69) is 62.2 Å². The van der Waals surface area contributed by atoms with Gasteiger partial charge in [-0.25, -0.2) is 9.97 Å². The highest BCUT2D eigenvalue weighted by molar-refractivity contribution is 5.85. The lowest BCUT2D eigenvalue weighted by Crippen LogP contribution is -2.46. The largest absolute Gasteiger partial charge is 0.496 e. The molecule has 0 bridgehead atoms. The number of ether oxygens (including phenoxy) is 1. The summed E-state index contributed by atoms with van der Waals surface area (Å²) in [6.45, 7) is 4.72. The molecule has 4 rings (SSSR count). The van der Waals surface area contributed by atoms with Gasteiger partial charge in [-0.3, -0.25) is 4.90 Å². The highest BCUT2D eigenvalue weighted by atomic mass is 35.5. The number of halogens is 2. The monoisotopic (exact) mass is 432 g/mol. The molecule has 5 nitrogen and oxygen atoms in total. The third-order valence-corrected chi connectivity index (χ3v) is 4.99. The van der Waals surface area contributed by atoms with Gasteiger partial charge in [-0.15, -0.1) is 24.8 Å². The molecule has 3 aromatic rings. The summed E-state index contributed by atoms with van der Waals surface area (Å²) in [7, 11) is 1.74. The number of benzene rings is 2. The van der Waals surface area contributed by atoms with Crippen molar-refractivity contribution in [3.63, 3.8) is 0 Å². The molecular formula is C22H26Cl2N4O. The quantitative estimate of drug-likeness (QED) is 0.600. The molecule has 2 aromatic carbocycles. The van der Waals surface area contributed by atoms with Crippen LogP contribution < -0.4 is 9.64 Å². The Bertz CT molecular complexity index is 872. The summed E-state index contributed by atoms with van der Waals surface area (Å²) >= 11 is 0. The average molecular weight is 433 g/mol. The molecule has 0 amide bonds. The second-order valence-corrected chi connectivity index (χ2v) is 6.70. The van der Waals surface area contributed by atoms with Gasteiger partial charge in [0, 0.05) is 50.7 Å². The van der Waals surface area contributed by atoms with Crippen LogP contribution in [0.15, 0.2) is 67.0 Å². The average Bonchev–Trinajstić information content (AvgIpc) is 2.75. The lowest BCUT2D eigenvalue weighted by Gasteiger charge is -2.34. The van der Waals surface area contributed by atoms with Crippen molar-refractivity contribution in [1.82, 2.24) is 14.9 Å². The summed E-state index contributed by atoms with van der Waals surface area (Å²) < 4.78 is 5.61. The van der Waals surface area contributed by atoms with Gasteiger partial charge in [-0.1, -0.05) is 36.4 Å². The second-order valence-electron chi connectivity index (χ2n) is 6.70. The van der Waals surface area contributed by atoms with E-state index in [9.17, 15) is 0 Å². The van der Waals surface area contributed by atoms with Crippen LogP contribution in [0.25, 0.3) is 11.1 Å². The van der Waals surface area contributed by atoms with Crippen molar-refractivity contribution in [2.45, 2.75) is 6.54 Å². The van der Waals surface area contributed by atoms with Gasteiger partial charge in [0.25, 0.3) is 0 Å². The van der Waals surface area contributed by atoms with E-state index in [1.165, 1.54) is 16.7 Å². The summed E-state index contributed by atoms with van der Waals surface area (Å²) in [5, 5.41) is 0. The molecule has 7 heteroatoms. The smallest absolute Gasteiger partial charge is 0.225 e. The highest BCUT2D eigenvalue weighted by Crippen LogP contribution is 2.28. The van der Waals surface area contributed by atoms with Gasteiger partial charge in [-0.2, -0.15) is 0 Å². The molecule has 1 saturated heterocycles. The zero-order valence-electron chi connectivity index (χ0n) is 16.4. The Hall–Kier alpha value is -2.34. The Labute approximate surface area is 184 Å². The van der Waals surface area contributed by atoms with Gasteiger partial charge in [0.05, 0.1) is 7.11 Å². The van der Waals surface area contributed by atoms with E-state index >= 15 is 0 Å². The molecule has 154 valence electrons. The molecular weight excluding hydrogens is 407 g/mol. The van der Waals surface area contributed by atoms with Crippen molar-refractivity contribution >= 4 is 30.8 Å². The molecule has 2 heterocycles. The predicted octanol–water partition coefficient (Wildman–Crippen LogP) is 4.32. The van der Waals surface area contributed by atoms with Crippen LogP contribution in [0.2, 0.25) is 0 Å². The first-order valence-electron chi connectivity index (χ1n) is 9.30. The first-order chi connectivity index (χ1) is 13.3. The maximum absolute atomic E-state index is 5.61. The fourth-order valence-electron chi connectivity index (χ4n) is 3.51. The van der Waals surface area contributed by atoms with Crippen molar-refractivity contribution in [1.29, 1.82) is 0 Å². The molecule has 1 aliphatic heterocycles. The van der Waals surface area contributed by atoms with Crippen molar-refractivity contribution in [3.05, 3.63) is 72.6 Å². The second kappa shape index (κ2) is 11.0. The third-order valence-electron chi connectivity index (χ3n) is 4.99. The van der Waals surface area contributed by atoms with Gasteiger partial charge >= 0.3 is 0 Å². The van der Waals surface area contributed by atoms with Gasteiger partial charge in [0.15, 0.2) is 0 Å². The number of rotatable bonds is 5. The van der Waals surface area contributed by atoms with Crippen LogP contribution in [0.1, 0.15) is 5.56 Å². The lowest BCUT2D eigenvalue weighted by molar-refractivity contribution is 0.245. The molecule has 0 saturated carbocycles. The fourth-order valence-corrected chi connectivity index (χ4v) is 3.51. The zero-order chi connectivity index (χ0) is 18.5. The van der Waals surface area contributed by atoms with Crippen LogP contribution in [-0.2, 0) is 6.54 Å². The van der Waals surface area contributed by atoms with E-state index in [0.29, 0.717) is 0 Å². The van der Waals surface area contributed by atoms with E-state index in [4.69, 9.17) is 4.74 Å². The van der Waals surface area contributed by atoms with E-state index in [0.717, 1.165) is 44.4 Å². The van der Waals surface area contributed by atoms with Crippen LogP contribution in [0, 0.1) is 0 Å². The normalized spacial score (nSPS) is 13.9. The summed E-state index contributed by atoms with van der Waals surface area (Å²) in [4.78, 5) is 13.4. The number of methoxy groups -OCH3 is 1. The molecule has 0 unspecified atom stereocenters. The molecule has 1 fully saturated rings. The predicted molar refractivity (Wildman–Crippen MR) is 122 cm³/mol. The molecule has 29 heavy (non-hydrogen) atoms. The van der Waals surface area contributed by atoms with Crippen molar-refractivity contribution in [2.75, 3.05) is 38.2 Å². The molecule has 1 aromatic heterocycles. The lowest BCUT2D eigenvalue weighted by atomic mass is 10.0. The first kappa shape index (κ1) is 22.9. The summed E-state index contributed by atoms with van der Waals surface area (Å²) in [6.07, 6.45) is 3.60. The minimum Gasteiger partial charge on any atom is -0.496 e. The number of hydrogen-bond donors (Lipinski definition) is 0. The Kier molecular flexibility index (Phi) is 8.70. The SMILES string of the molecule is COc1ccc(-c2ccccc2)cc1CN1CCN(c2ncccn2)CC1.Cl.Cl. The van der Waals surface area contributed by atoms with Crippen LogP contribution in [0.3, 0.4) is 0 Å². The van der Waals surface area contributed by atoms with Crippen LogP contribution >= 0.6 is 24.8 Å². The standard InChI is InChI=1S/C22H24N4O.2ClH/c1-27-21-9-8-19(18-6-3-2-4-7-18)16-20(21)17-25-12-14-26(15-13-25)22-23-10-5-11-24-22;;/h2-11,16H,12-15,17H2,1H3;2*1H. The number of piperazine rings is 1. The third kappa shape index (κ3) is 5.60. The van der Waals surface area contributed by atoms with Gasteiger partial charge in [0.2, 0.25) is 5.95 Å². The Morgan fingerprint density at radius 1 is 0.828 bits per heavy atom. The van der Waals surface area contributed by atoms with Crippen LogP contribution in [0.4, 0.5) is 5.95 Å². The summed E-state index contributed by atoms with van der Waals surface area (Å²) in [5.74, 6) is 1.77. The molecule has 0 radical (unpaired) electrons. The van der Waals surface area contributed by atoms with E-state index in [1.54, 1.807) is 19.5 Å². The van der Waals surface area contributed by atoms with Crippen LogP contribution in [-0.4, -0.2) is 48.2 Å². The van der Waals surface area contributed by atoms with Gasteiger partial charge < -0.3 is 9.64 Å². The zero-order valence-corrected chi connectivity index (χ0v) is 18.0. The van der Waals surface area contributed by atoms with Crippen molar-refractivity contribution < 1.29 is 4.74 Å². The molecule has 1 aliphatic rings. The molecule has 0 aliphatic carbocycles. The Balaban J connectivity index is 0.00000150. The van der Waals surface area contributed by atoms with Crippen molar-refractivity contribution in [2.24, 2.45) is 0 Å². The number of hydrogen-bond acceptors (Lipinski definition) is 5. The maximum atomic E-state index is 5.61. The fraction of sp³-hybridized carbons (Fsp3) is 0.273. The van der Waals surface area contributed by atoms with E-state index in [-0.39, 0.29) is 24.8 Å². The number of aromatic nitrogens is 2. The number of nitrogens with zero attached hydrogens (tertiary/aromatic N) is 4. The molecule has 0 spiro atoms. The number of anilines is 1. The molecule has 0 N–H and O–H groups in total. The van der Waals surface area contributed by atoms with Crippen LogP contribution in [0.5, 0.6) is 5.75 Å². The van der Waals surface area contributed by atoms with Crippen molar-refractivity contribution in [3.8, 4) is 16.9 Å². The first-order valence-corrected chi connectivity index (χ1v) is 9.30. The Morgan fingerprint density at radius 3 is 2.17 bits per heavy atom. The van der Waals surface area contributed by atoms with Gasteiger partial charge in [-0.05, 0) is 29.3 Å². The summed E-state index contributed by atoms with van der Waals surface area (Å²) in [5.41, 5.74) is 3.68. The molecule has 0 atom stereocenters. The topological polar surface area (TPSA) is 41.5 Å². The summed E-state index contributed by atoms with van der Waals surface area (Å²) in [6, 6.07) is 18.8. The highest BCUT2D eigenvalue weighted by Gasteiger charge is 2.20. The van der Waals surface area contributed by atoms with Gasteiger partial charge in [0.1, 0.15) is 5.75 Å².